The number of methoxy groups -OCH3 is 1. The quantitative estimate of drug-likeness (QED) is 0.381. The van der Waals surface area contributed by atoms with Gasteiger partial charge in [0.15, 0.2) is 0 Å². The maximum atomic E-state index is 12.8. The van der Waals surface area contributed by atoms with Crippen molar-refractivity contribution in [2.45, 2.75) is 12.0 Å². The van der Waals surface area contributed by atoms with Crippen LogP contribution in [0, 0.1) is 12.0 Å². The first-order valence-electron chi connectivity index (χ1n) is 10.9. The number of carbonyl (C=O) groups is 1. The first-order chi connectivity index (χ1) is 16.3. The van der Waals surface area contributed by atoms with Crippen LogP contribution in [0.25, 0.3) is 10.8 Å². The molecule has 1 amide bonds. The van der Waals surface area contributed by atoms with Gasteiger partial charge in [-0.15, -0.1) is 0 Å². The molecule has 0 aromatic heterocycles. The summed E-state index contributed by atoms with van der Waals surface area (Å²) in [5.74, 6) is 3.82. The van der Waals surface area contributed by atoms with Gasteiger partial charge >= 0.3 is 6.09 Å². The molecule has 1 aliphatic rings. The molecule has 0 radical (unpaired) electrons. The zero-order chi connectivity index (χ0) is 22.6. The fraction of sp³-hybridized carbons (Fsp3) is 0.138. The summed E-state index contributed by atoms with van der Waals surface area (Å²) in [5.41, 5.74) is 2.98. The van der Waals surface area contributed by atoms with Gasteiger partial charge in [-0.2, -0.15) is 0 Å². The number of fused-ring (bicyclic) bond motifs is 1. The zero-order valence-corrected chi connectivity index (χ0v) is 18.3. The van der Waals surface area contributed by atoms with Crippen molar-refractivity contribution in [3.63, 3.8) is 0 Å². The average Bonchev–Trinajstić information content (AvgIpc) is 3.23. The van der Waals surface area contributed by atoms with Crippen molar-refractivity contribution in [3.8, 4) is 17.7 Å². The van der Waals surface area contributed by atoms with E-state index in [0.29, 0.717) is 5.75 Å². The lowest BCUT2D eigenvalue weighted by molar-refractivity contribution is 0.167. The third-order valence-electron chi connectivity index (χ3n) is 6.02. The van der Waals surface area contributed by atoms with E-state index in [4.69, 9.17) is 9.47 Å². The number of carbonyl (C=O) groups excluding carboxylic acids is 1. The van der Waals surface area contributed by atoms with Crippen LogP contribution in [0.2, 0.25) is 0 Å². The van der Waals surface area contributed by atoms with Crippen LogP contribution >= 0.6 is 0 Å². The second kappa shape index (κ2) is 9.10. The molecule has 1 saturated heterocycles. The normalized spacial score (nSPS) is 15.3. The molecule has 4 heteroatoms. The molecule has 1 aliphatic heterocycles. The maximum absolute atomic E-state index is 12.8. The van der Waals surface area contributed by atoms with Crippen molar-refractivity contribution >= 4 is 16.9 Å². The number of hydrogen-bond donors (Lipinski definition) is 0. The summed E-state index contributed by atoms with van der Waals surface area (Å²) in [6.45, 7) is 0.272. The SMILES string of the molecule is COc1ccc2ccccc2c1C#CN1C(=O)OC[C@H]1C(c1ccccc1)c1ccccc1. The first-order valence-corrected chi connectivity index (χ1v) is 10.9. The molecular formula is C29H23NO3. The van der Waals surface area contributed by atoms with E-state index in [-0.39, 0.29) is 18.6 Å². The predicted molar refractivity (Wildman–Crippen MR) is 129 cm³/mol. The fourth-order valence-electron chi connectivity index (χ4n) is 4.43. The van der Waals surface area contributed by atoms with Crippen LogP contribution < -0.4 is 4.74 Å². The molecule has 4 aromatic rings. The Morgan fingerprint density at radius 1 is 0.879 bits per heavy atom. The Labute approximate surface area is 193 Å². The summed E-state index contributed by atoms with van der Waals surface area (Å²) in [5, 5.41) is 2.05. The average molecular weight is 434 g/mol. The Balaban J connectivity index is 1.59. The maximum Gasteiger partial charge on any atom is 0.422 e. The molecule has 0 bridgehead atoms. The van der Waals surface area contributed by atoms with Crippen molar-refractivity contribution < 1.29 is 14.3 Å². The van der Waals surface area contributed by atoms with Crippen molar-refractivity contribution in [3.05, 3.63) is 114 Å². The van der Waals surface area contributed by atoms with Crippen LogP contribution in [0.15, 0.2) is 97.1 Å². The van der Waals surface area contributed by atoms with Crippen molar-refractivity contribution in [1.82, 2.24) is 4.90 Å². The van der Waals surface area contributed by atoms with Gasteiger partial charge < -0.3 is 9.47 Å². The topological polar surface area (TPSA) is 38.8 Å². The minimum absolute atomic E-state index is 0.0671. The highest BCUT2D eigenvalue weighted by molar-refractivity contribution is 5.90. The summed E-state index contributed by atoms with van der Waals surface area (Å²) in [4.78, 5) is 14.3. The van der Waals surface area contributed by atoms with Gasteiger partial charge in [0.2, 0.25) is 0 Å². The van der Waals surface area contributed by atoms with Crippen LogP contribution in [-0.2, 0) is 4.74 Å². The lowest BCUT2D eigenvalue weighted by atomic mass is 9.85. The Morgan fingerprint density at radius 2 is 1.52 bits per heavy atom. The number of ether oxygens (including phenoxy) is 2. The molecule has 0 N–H and O–H groups in total. The highest BCUT2D eigenvalue weighted by atomic mass is 16.6. The highest BCUT2D eigenvalue weighted by Gasteiger charge is 2.39. The number of amides is 1. The van der Waals surface area contributed by atoms with Gasteiger partial charge in [0, 0.05) is 17.3 Å². The highest BCUT2D eigenvalue weighted by Crippen LogP contribution is 2.34. The van der Waals surface area contributed by atoms with E-state index in [2.05, 4.69) is 36.2 Å². The van der Waals surface area contributed by atoms with Crippen molar-refractivity contribution in [1.29, 1.82) is 0 Å². The molecular weight excluding hydrogens is 410 g/mol. The minimum atomic E-state index is -0.427. The van der Waals surface area contributed by atoms with Crippen molar-refractivity contribution in [2.75, 3.05) is 13.7 Å². The van der Waals surface area contributed by atoms with Gasteiger partial charge in [-0.25, -0.2) is 9.69 Å². The standard InChI is InChI=1S/C29H23NO3/c1-32-27-17-16-21-10-8-9-15-24(21)25(27)18-19-30-26(20-33-29(30)31)28(22-11-4-2-5-12-22)23-13-6-3-7-14-23/h2-17,26,28H,20H2,1H3/t26-/m0/s1. The van der Waals surface area contributed by atoms with Crippen molar-refractivity contribution in [2.24, 2.45) is 0 Å². The molecule has 1 heterocycles. The van der Waals surface area contributed by atoms with E-state index in [1.165, 1.54) is 4.90 Å². The van der Waals surface area contributed by atoms with Crippen LogP contribution in [0.4, 0.5) is 4.79 Å². The number of nitrogens with zero attached hydrogens (tertiary/aromatic N) is 1. The fourth-order valence-corrected chi connectivity index (χ4v) is 4.43. The van der Waals surface area contributed by atoms with E-state index >= 15 is 0 Å². The number of cyclic esters (lactones) is 1. The smallest absolute Gasteiger partial charge is 0.422 e. The molecule has 1 atom stereocenters. The molecule has 4 aromatic carbocycles. The summed E-state index contributed by atoms with van der Waals surface area (Å²) in [7, 11) is 1.63. The van der Waals surface area contributed by atoms with E-state index in [1.807, 2.05) is 72.8 Å². The summed E-state index contributed by atoms with van der Waals surface area (Å²) in [6, 6.07) is 35.2. The summed E-state index contributed by atoms with van der Waals surface area (Å²) < 4.78 is 11.1. The molecule has 4 nitrogen and oxygen atoms in total. The van der Waals surface area contributed by atoms with Gasteiger partial charge in [0.05, 0.1) is 18.7 Å². The van der Waals surface area contributed by atoms with Gasteiger partial charge in [0.1, 0.15) is 12.4 Å². The Morgan fingerprint density at radius 3 is 2.18 bits per heavy atom. The minimum Gasteiger partial charge on any atom is -0.495 e. The van der Waals surface area contributed by atoms with Gasteiger partial charge in [0.25, 0.3) is 0 Å². The molecule has 1 fully saturated rings. The molecule has 0 aliphatic carbocycles. The molecule has 5 rings (SSSR count). The Kier molecular flexibility index (Phi) is 5.70. The molecule has 33 heavy (non-hydrogen) atoms. The first kappa shape index (κ1) is 20.7. The molecule has 0 saturated carbocycles. The van der Waals surface area contributed by atoms with Gasteiger partial charge in [-0.3, -0.25) is 0 Å². The largest absolute Gasteiger partial charge is 0.495 e. The van der Waals surface area contributed by atoms with E-state index < -0.39 is 6.09 Å². The molecule has 0 spiro atoms. The number of rotatable bonds is 4. The second-order valence-corrected chi connectivity index (χ2v) is 7.91. The lowest BCUT2D eigenvalue weighted by Crippen LogP contribution is -2.35. The van der Waals surface area contributed by atoms with E-state index in [1.54, 1.807) is 7.11 Å². The third kappa shape index (κ3) is 4.02. The number of hydrogen-bond acceptors (Lipinski definition) is 3. The van der Waals surface area contributed by atoms with Crippen LogP contribution in [0.3, 0.4) is 0 Å². The Hall–Kier alpha value is -4.23. The van der Waals surface area contributed by atoms with Crippen LogP contribution in [0.1, 0.15) is 22.6 Å². The second-order valence-electron chi connectivity index (χ2n) is 7.91. The van der Waals surface area contributed by atoms with Gasteiger partial charge in [-0.1, -0.05) is 91.0 Å². The monoisotopic (exact) mass is 433 g/mol. The van der Waals surface area contributed by atoms with Gasteiger partial charge in [-0.05, 0) is 28.5 Å². The lowest BCUT2D eigenvalue weighted by Gasteiger charge is -2.26. The van der Waals surface area contributed by atoms with E-state index in [0.717, 1.165) is 27.5 Å². The predicted octanol–water partition coefficient (Wildman–Crippen LogP) is 5.81. The van der Waals surface area contributed by atoms with Crippen LogP contribution in [0.5, 0.6) is 5.75 Å². The molecule has 162 valence electrons. The van der Waals surface area contributed by atoms with E-state index in [9.17, 15) is 4.79 Å². The third-order valence-corrected chi connectivity index (χ3v) is 6.02. The number of benzene rings is 4. The van der Waals surface area contributed by atoms with Crippen LogP contribution in [-0.4, -0.2) is 30.8 Å². The zero-order valence-electron chi connectivity index (χ0n) is 18.3. The molecule has 0 unspecified atom stereocenters. The summed E-state index contributed by atoms with van der Waals surface area (Å²) >= 11 is 0. The summed E-state index contributed by atoms with van der Waals surface area (Å²) in [6.07, 6.45) is -0.427. The Bertz CT molecular complexity index is 1300.